The van der Waals surface area contributed by atoms with Crippen molar-refractivity contribution in [2.45, 2.75) is 0 Å². The number of hydrogen-bond donors (Lipinski definition) is 1. The van der Waals surface area contributed by atoms with E-state index in [1.165, 1.54) is 12.1 Å². The number of anilines is 1. The molecule has 0 saturated heterocycles. The molecule has 4 rings (SSSR count). The fraction of sp³-hybridized carbons (Fsp3) is 0. The highest BCUT2D eigenvalue weighted by Gasteiger charge is 2.14. The monoisotopic (exact) mass is 365 g/mol. The zero-order valence-corrected chi connectivity index (χ0v) is 14.2. The van der Waals surface area contributed by atoms with Gasteiger partial charge in [-0.15, -0.1) is 0 Å². The Hall–Kier alpha value is -3.18. The molecule has 0 saturated carbocycles. The molecule has 6 heteroatoms. The Morgan fingerprint density at radius 2 is 1.81 bits per heavy atom. The molecule has 4 aromatic rings. The Morgan fingerprint density at radius 1 is 1.04 bits per heavy atom. The van der Waals surface area contributed by atoms with Crippen LogP contribution in [0.2, 0.25) is 5.02 Å². The first-order valence-corrected chi connectivity index (χ1v) is 8.29. The lowest BCUT2D eigenvalue weighted by Gasteiger charge is -2.08. The molecule has 0 spiro atoms. The number of imidazole rings is 1. The minimum Gasteiger partial charge on any atom is -0.319 e. The van der Waals surface area contributed by atoms with Crippen molar-refractivity contribution in [2.24, 2.45) is 0 Å². The molecule has 0 fully saturated rings. The van der Waals surface area contributed by atoms with Gasteiger partial charge in [0.05, 0.1) is 23.1 Å². The number of nitrogens with zero attached hydrogens (tertiary/aromatic N) is 2. The Morgan fingerprint density at radius 3 is 2.58 bits per heavy atom. The maximum atomic E-state index is 13.8. The molecular formula is C20H13ClFN3O. The summed E-state index contributed by atoms with van der Waals surface area (Å²) in [5.74, 6) is -1.09. The van der Waals surface area contributed by atoms with Crippen LogP contribution in [0.1, 0.15) is 10.4 Å². The maximum Gasteiger partial charge on any atom is 0.258 e. The summed E-state index contributed by atoms with van der Waals surface area (Å²) in [5.41, 5.74) is 2.86. The van der Waals surface area contributed by atoms with E-state index in [4.69, 9.17) is 11.6 Å². The molecule has 0 aliphatic carbocycles. The third-order valence-electron chi connectivity index (χ3n) is 4.04. The summed E-state index contributed by atoms with van der Waals surface area (Å²) in [7, 11) is 0. The predicted octanol–water partition coefficient (Wildman–Crippen LogP) is 5.05. The van der Waals surface area contributed by atoms with E-state index in [-0.39, 0.29) is 5.56 Å². The number of carbonyl (C=O) groups is 1. The minimum absolute atomic E-state index is 0.0148. The van der Waals surface area contributed by atoms with Crippen molar-refractivity contribution in [3.05, 3.63) is 89.5 Å². The summed E-state index contributed by atoms with van der Waals surface area (Å²) in [6.07, 6.45) is 3.57. The molecule has 26 heavy (non-hydrogen) atoms. The second-order valence-corrected chi connectivity index (χ2v) is 6.14. The predicted molar refractivity (Wildman–Crippen MR) is 100.0 cm³/mol. The van der Waals surface area contributed by atoms with E-state index in [0.29, 0.717) is 16.4 Å². The normalized spacial score (nSPS) is 10.8. The smallest absolute Gasteiger partial charge is 0.258 e. The third kappa shape index (κ3) is 2.93. The molecule has 0 radical (unpaired) electrons. The van der Waals surface area contributed by atoms with E-state index in [1.54, 1.807) is 42.6 Å². The van der Waals surface area contributed by atoms with E-state index >= 15 is 0 Å². The number of hydrogen-bond acceptors (Lipinski definition) is 2. The standard InChI is InChI=1S/C20H13ClFN3O/c21-14-9-7-13(8-10-14)18-12-23-19-17(6-3-11-25(18)19)24-20(26)15-4-1-2-5-16(15)22/h1-12H,(H,24,26). The van der Waals surface area contributed by atoms with E-state index < -0.39 is 11.7 Å². The van der Waals surface area contributed by atoms with Gasteiger partial charge in [-0.05, 0) is 36.4 Å². The van der Waals surface area contributed by atoms with Crippen molar-refractivity contribution < 1.29 is 9.18 Å². The van der Waals surface area contributed by atoms with Crippen LogP contribution >= 0.6 is 11.6 Å². The molecule has 128 valence electrons. The van der Waals surface area contributed by atoms with Gasteiger partial charge in [-0.3, -0.25) is 9.20 Å². The van der Waals surface area contributed by atoms with Crippen LogP contribution in [0.15, 0.2) is 73.1 Å². The number of carbonyl (C=O) groups excluding carboxylic acids is 1. The van der Waals surface area contributed by atoms with Crippen LogP contribution in [0.4, 0.5) is 10.1 Å². The van der Waals surface area contributed by atoms with Crippen molar-refractivity contribution in [1.82, 2.24) is 9.38 Å². The fourth-order valence-electron chi connectivity index (χ4n) is 2.78. The zero-order valence-electron chi connectivity index (χ0n) is 13.5. The number of fused-ring (bicyclic) bond motifs is 1. The highest BCUT2D eigenvalue weighted by Crippen LogP contribution is 2.26. The van der Waals surface area contributed by atoms with Gasteiger partial charge in [0.2, 0.25) is 0 Å². The summed E-state index contributed by atoms with van der Waals surface area (Å²) in [5, 5.41) is 3.39. The molecule has 0 aliphatic heterocycles. The maximum absolute atomic E-state index is 13.8. The van der Waals surface area contributed by atoms with Gasteiger partial charge in [-0.1, -0.05) is 35.9 Å². The largest absolute Gasteiger partial charge is 0.319 e. The molecular weight excluding hydrogens is 353 g/mol. The van der Waals surface area contributed by atoms with Crippen molar-refractivity contribution in [2.75, 3.05) is 5.32 Å². The van der Waals surface area contributed by atoms with E-state index in [0.717, 1.165) is 11.3 Å². The van der Waals surface area contributed by atoms with Gasteiger partial charge in [0.15, 0.2) is 5.65 Å². The number of halogens is 2. The summed E-state index contributed by atoms with van der Waals surface area (Å²) in [6.45, 7) is 0. The van der Waals surface area contributed by atoms with Crippen molar-refractivity contribution in [3.63, 3.8) is 0 Å². The lowest BCUT2D eigenvalue weighted by molar-refractivity contribution is 0.102. The molecule has 1 amide bonds. The highest BCUT2D eigenvalue weighted by atomic mass is 35.5. The van der Waals surface area contributed by atoms with Gasteiger partial charge in [-0.25, -0.2) is 9.37 Å². The van der Waals surface area contributed by atoms with E-state index in [2.05, 4.69) is 10.3 Å². The Labute approximate surface area is 153 Å². The Bertz CT molecular complexity index is 1110. The number of benzene rings is 2. The minimum atomic E-state index is -0.567. The molecule has 4 nitrogen and oxygen atoms in total. The SMILES string of the molecule is O=C(Nc1cccn2c(-c3ccc(Cl)cc3)cnc12)c1ccccc1F. The van der Waals surface area contributed by atoms with Crippen LogP contribution in [0.25, 0.3) is 16.9 Å². The van der Waals surface area contributed by atoms with Crippen molar-refractivity contribution >= 4 is 28.8 Å². The number of rotatable bonds is 3. The second kappa shape index (κ2) is 6.61. The molecule has 2 aromatic heterocycles. The Balaban J connectivity index is 1.72. The summed E-state index contributed by atoms with van der Waals surface area (Å²) < 4.78 is 15.7. The lowest BCUT2D eigenvalue weighted by Crippen LogP contribution is -2.14. The molecule has 0 unspecified atom stereocenters. The highest BCUT2D eigenvalue weighted by molar-refractivity contribution is 6.30. The van der Waals surface area contributed by atoms with Gasteiger partial charge in [0.25, 0.3) is 5.91 Å². The molecule has 0 bridgehead atoms. The van der Waals surface area contributed by atoms with E-state index in [1.807, 2.05) is 22.7 Å². The van der Waals surface area contributed by atoms with Gasteiger partial charge < -0.3 is 5.32 Å². The van der Waals surface area contributed by atoms with Gasteiger partial charge in [-0.2, -0.15) is 0 Å². The second-order valence-electron chi connectivity index (χ2n) is 5.70. The van der Waals surface area contributed by atoms with E-state index in [9.17, 15) is 9.18 Å². The van der Waals surface area contributed by atoms with Gasteiger partial charge in [0, 0.05) is 16.8 Å². The van der Waals surface area contributed by atoms with Crippen LogP contribution in [0, 0.1) is 5.82 Å². The van der Waals surface area contributed by atoms with Crippen molar-refractivity contribution in [1.29, 1.82) is 0 Å². The zero-order chi connectivity index (χ0) is 18.1. The molecule has 0 aliphatic rings. The first kappa shape index (κ1) is 16.3. The van der Waals surface area contributed by atoms with Crippen LogP contribution in [0.3, 0.4) is 0 Å². The first-order valence-electron chi connectivity index (χ1n) is 7.91. The quantitative estimate of drug-likeness (QED) is 0.552. The summed E-state index contributed by atoms with van der Waals surface area (Å²) >= 11 is 5.94. The van der Waals surface area contributed by atoms with Crippen LogP contribution in [-0.2, 0) is 0 Å². The van der Waals surface area contributed by atoms with Gasteiger partial charge in [0.1, 0.15) is 5.82 Å². The first-order chi connectivity index (χ1) is 12.6. The number of pyridine rings is 1. The van der Waals surface area contributed by atoms with Crippen LogP contribution in [-0.4, -0.2) is 15.3 Å². The Kier molecular flexibility index (Phi) is 4.14. The van der Waals surface area contributed by atoms with Crippen molar-refractivity contribution in [3.8, 4) is 11.3 Å². The number of aromatic nitrogens is 2. The topological polar surface area (TPSA) is 46.4 Å². The average Bonchev–Trinajstić information content (AvgIpc) is 3.08. The fourth-order valence-corrected chi connectivity index (χ4v) is 2.90. The number of nitrogens with one attached hydrogen (secondary N) is 1. The third-order valence-corrected chi connectivity index (χ3v) is 4.29. The van der Waals surface area contributed by atoms with Gasteiger partial charge >= 0.3 is 0 Å². The summed E-state index contributed by atoms with van der Waals surface area (Å²) in [6, 6.07) is 16.8. The summed E-state index contributed by atoms with van der Waals surface area (Å²) in [4.78, 5) is 16.8. The molecule has 2 heterocycles. The average molecular weight is 366 g/mol. The molecule has 2 aromatic carbocycles. The molecule has 1 N–H and O–H groups in total. The molecule has 0 atom stereocenters. The lowest BCUT2D eigenvalue weighted by atomic mass is 10.2. The van der Waals surface area contributed by atoms with Crippen LogP contribution < -0.4 is 5.32 Å². The number of amides is 1. The van der Waals surface area contributed by atoms with Crippen LogP contribution in [0.5, 0.6) is 0 Å².